The van der Waals surface area contributed by atoms with Crippen molar-refractivity contribution in [3.05, 3.63) is 65.7 Å². The van der Waals surface area contributed by atoms with E-state index in [2.05, 4.69) is 5.16 Å². The average Bonchev–Trinajstić information content (AvgIpc) is 2.48. The summed E-state index contributed by atoms with van der Waals surface area (Å²) in [4.78, 5) is 4.94. The van der Waals surface area contributed by atoms with E-state index in [4.69, 9.17) is 9.57 Å². The number of ether oxygens (including phenoxy) is 1. The summed E-state index contributed by atoms with van der Waals surface area (Å²) in [7, 11) is 3.23. The van der Waals surface area contributed by atoms with Crippen LogP contribution in [-0.4, -0.2) is 19.9 Å². The molecule has 0 aliphatic carbocycles. The lowest BCUT2D eigenvalue weighted by Gasteiger charge is -2.07. The summed E-state index contributed by atoms with van der Waals surface area (Å²) in [5.74, 6) is 0.855. The second-order valence-electron chi connectivity index (χ2n) is 4.11. The summed E-state index contributed by atoms with van der Waals surface area (Å²) in [6, 6.07) is 18.0. The van der Waals surface area contributed by atoms with Crippen molar-refractivity contribution in [2.45, 2.75) is 6.42 Å². The normalized spacial score (nSPS) is 11.2. The molecule has 0 heterocycles. The van der Waals surface area contributed by atoms with Gasteiger partial charge < -0.3 is 9.57 Å². The van der Waals surface area contributed by atoms with E-state index in [1.807, 2.05) is 54.6 Å². The fourth-order valence-corrected chi connectivity index (χ4v) is 1.86. The molecule has 0 bridgehead atoms. The topological polar surface area (TPSA) is 30.8 Å². The first-order valence-corrected chi connectivity index (χ1v) is 6.12. The second-order valence-corrected chi connectivity index (χ2v) is 4.11. The van der Waals surface area contributed by atoms with Gasteiger partial charge in [-0.15, -0.1) is 0 Å². The quantitative estimate of drug-likeness (QED) is 0.606. The maximum atomic E-state index is 5.15. The van der Waals surface area contributed by atoms with Crippen molar-refractivity contribution in [3.63, 3.8) is 0 Å². The molecular formula is C16H17NO2. The van der Waals surface area contributed by atoms with Gasteiger partial charge in [-0.1, -0.05) is 47.6 Å². The molecule has 0 N–H and O–H groups in total. The number of hydrogen-bond donors (Lipinski definition) is 0. The molecule has 0 atom stereocenters. The summed E-state index contributed by atoms with van der Waals surface area (Å²) in [5.41, 5.74) is 3.15. The number of oxime groups is 1. The Kier molecular flexibility index (Phi) is 4.56. The van der Waals surface area contributed by atoms with Crippen molar-refractivity contribution in [3.8, 4) is 5.75 Å². The van der Waals surface area contributed by atoms with Gasteiger partial charge in [0.1, 0.15) is 12.9 Å². The maximum Gasteiger partial charge on any atom is 0.118 e. The zero-order valence-corrected chi connectivity index (χ0v) is 11.2. The van der Waals surface area contributed by atoms with Crippen molar-refractivity contribution < 1.29 is 9.57 Å². The molecule has 0 aliphatic heterocycles. The molecule has 2 rings (SSSR count). The highest BCUT2D eigenvalue weighted by molar-refractivity contribution is 6.01. The van der Waals surface area contributed by atoms with Crippen LogP contribution in [0.25, 0.3) is 0 Å². The summed E-state index contributed by atoms with van der Waals surface area (Å²) in [5, 5.41) is 4.12. The van der Waals surface area contributed by atoms with Crippen LogP contribution in [0.15, 0.2) is 59.8 Å². The molecule has 3 nitrogen and oxygen atoms in total. The molecule has 2 aromatic rings. The Morgan fingerprint density at radius 1 is 0.947 bits per heavy atom. The Labute approximate surface area is 113 Å². The molecule has 0 amide bonds. The van der Waals surface area contributed by atoms with Crippen LogP contribution in [0.4, 0.5) is 0 Å². The molecule has 0 spiro atoms. The first-order valence-electron chi connectivity index (χ1n) is 6.12. The van der Waals surface area contributed by atoms with Crippen LogP contribution in [0.5, 0.6) is 5.75 Å². The summed E-state index contributed by atoms with van der Waals surface area (Å²) < 4.78 is 5.15. The summed E-state index contributed by atoms with van der Waals surface area (Å²) >= 11 is 0. The fraction of sp³-hybridized carbons (Fsp3) is 0.188. The lowest BCUT2D eigenvalue weighted by Crippen LogP contribution is -2.06. The highest BCUT2D eigenvalue weighted by atomic mass is 16.6. The third-order valence-corrected chi connectivity index (χ3v) is 2.84. The predicted molar refractivity (Wildman–Crippen MR) is 76.7 cm³/mol. The van der Waals surface area contributed by atoms with E-state index in [0.29, 0.717) is 0 Å². The number of rotatable bonds is 5. The Morgan fingerprint density at radius 3 is 2.21 bits per heavy atom. The molecule has 0 unspecified atom stereocenters. The van der Waals surface area contributed by atoms with E-state index < -0.39 is 0 Å². The van der Waals surface area contributed by atoms with Crippen molar-refractivity contribution in [2.75, 3.05) is 14.2 Å². The van der Waals surface area contributed by atoms with Gasteiger partial charge in [-0.3, -0.25) is 0 Å². The van der Waals surface area contributed by atoms with E-state index in [1.165, 1.54) is 5.56 Å². The minimum absolute atomic E-state index is 0.724. The first-order chi connectivity index (χ1) is 9.33. The number of methoxy groups -OCH3 is 1. The molecule has 0 saturated carbocycles. The molecule has 98 valence electrons. The monoisotopic (exact) mass is 255 g/mol. The molecule has 0 aromatic heterocycles. The molecule has 19 heavy (non-hydrogen) atoms. The zero-order chi connectivity index (χ0) is 13.5. The second kappa shape index (κ2) is 6.59. The Morgan fingerprint density at radius 2 is 1.63 bits per heavy atom. The smallest absolute Gasteiger partial charge is 0.118 e. The Balaban J connectivity index is 2.19. The minimum Gasteiger partial charge on any atom is -0.497 e. The zero-order valence-electron chi connectivity index (χ0n) is 11.2. The number of benzene rings is 2. The van der Waals surface area contributed by atoms with Crippen molar-refractivity contribution in [1.29, 1.82) is 0 Å². The third-order valence-electron chi connectivity index (χ3n) is 2.84. The Bertz CT molecular complexity index is 532. The van der Waals surface area contributed by atoms with Crippen LogP contribution in [-0.2, 0) is 11.3 Å². The number of hydrogen-bond acceptors (Lipinski definition) is 3. The highest BCUT2D eigenvalue weighted by Gasteiger charge is 2.06. The molecule has 0 aliphatic rings. The standard InChI is InChI=1S/C16H17NO2/c1-18-15-10-8-13(9-11-15)12-16(17-19-2)14-6-4-3-5-7-14/h3-11H,12H2,1-2H3/b17-16-. The van der Waals surface area contributed by atoms with E-state index in [0.717, 1.165) is 23.4 Å². The lowest BCUT2D eigenvalue weighted by molar-refractivity contribution is 0.213. The summed E-state index contributed by atoms with van der Waals surface area (Å²) in [6.45, 7) is 0. The fourth-order valence-electron chi connectivity index (χ4n) is 1.86. The van der Waals surface area contributed by atoms with E-state index >= 15 is 0 Å². The van der Waals surface area contributed by atoms with Gasteiger partial charge in [0.05, 0.1) is 12.8 Å². The van der Waals surface area contributed by atoms with Gasteiger partial charge in [0.15, 0.2) is 0 Å². The number of nitrogens with zero attached hydrogens (tertiary/aromatic N) is 1. The van der Waals surface area contributed by atoms with Crippen LogP contribution in [0.1, 0.15) is 11.1 Å². The van der Waals surface area contributed by atoms with Gasteiger partial charge in [-0.2, -0.15) is 0 Å². The molecular weight excluding hydrogens is 238 g/mol. The van der Waals surface area contributed by atoms with Crippen LogP contribution >= 0.6 is 0 Å². The van der Waals surface area contributed by atoms with Gasteiger partial charge in [-0.05, 0) is 23.3 Å². The van der Waals surface area contributed by atoms with Crippen LogP contribution in [0.2, 0.25) is 0 Å². The van der Waals surface area contributed by atoms with Gasteiger partial charge in [0.25, 0.3) is 0 Å². The largest absolute Gasteiger partial charge is 0.497 e. The summed E-state index contributed by atoms with van der Waals surface area (Å²) in [6.07, 6.45) is 0.724. The van der Waals surface area contributed by atoms with E-state index in [9.17, 15) is 0 Å². The molecule has 0 fully saturated rings. The van der Waals surface area contributed by atoms with Gasteiger partial charge in [0, 0.05) is 6.42 Å². The predicted octanol–water partition coefficient (Wildman–Crippen LogP) is 3.29. The van der Waals surface area contributed by atoms with Crippen molar-refractivity contribution in [2.24, 2.45) is 5.16 Å². The maximum absolute atomic E-state index is 5.15. The molecule has 2 aromatic carbocycles. The molecule has 3 heteroatoms. The van der Waals surface area contributed by atoms with Crippen molar-refractivity contribution >= 4 is 5.71 Å². The van der Waals surface area contributed by atoms with E-state index in [-0.39, 0.29) is 0 Å². The van der Waals surface area contributed by atoms with Crippen molar-refractivity contribution in [1.82, 2.24) is 0 Å². The van der Waals surface area contributed by atoms with Gasteiger partial charge in [-0.25, -0.2) is 0 Å². The third kappa shape index (κ3) is 3.58. The molecule has 0 radical (unpaired) electrons. The van der Waals surface area contributed by atoms with Crippen LogP contribution < -0.4 is 4.74 Å². The Hall–Kier alpha value is -2.29. The molecule has 0 saturated heterocycles. The van der Waals surface area contributed by atoms with Gasteiger partial charge in [0.2, 0.25) is 0 Å². The van der Waals surface area contributed by atoms with E-state index in [1.54, 1.807) is 14.2 Å². The van der Waals surface area contributed by atoms with Crippen LogP contribution in [0.3, 0.4) is 0 Å². The lowest BCUT2D eigenvalue weighted by atomic mass is 10.0. The highest BCUT2D eigenvalue weighted by Crippen LogP contribution is 2.14. The first kappa shape index (κ1) is 13.1. The van der Waals surface area contributed by atoms with Crippen LogP contribution in [0, 0.1) is 0 Å². The SMILES string of the molecule is CO/N=C(/Cc1ccc(OC)cc1)c1ccccc1. The minimum atomic E-state index is 0.724. The van der Waals surface area contributed by atoms with Gasteiger partial charge >= 0.3 is 0 Å². The average molecular weight is 255 g/mol.